The average molecular weight is 210 g/mol. The Bertz CT molecular complexity index is 273. The number of Topliss-reactive ketones (excluding diaryl/α,β-unsaturated/α-hetero) is 1. The average Bonchev–Trinajstić information content (AvgIpc) is 2.19. The number of allylic oxidation sites excluding steroid dienone is 1. The number of ketones is 1. The Hall–Kier alpha value is -1.34. The van der Waals surface area contributed by atoms with Gasteiger partial charge in [0.2, 0.25) is 0 Å². The summed E-state index contributed by atoms with van der Waals surface area (Å²) < 4.78 is 4.68. The first-order chi connectivity index (χ1) is 7.13. The molecule has 0 aliphatic carbocycles. The maximum Gasteiger partial charge on any atom is 0.313 e. The molecule has 0 bridgehead atoms. The van der Waals surface area contributed by atoms with Gasteiger partial charge in [0, 0.05) is 6.42 Å². The Morgan fingerprint density at radius 1 is 1.27 bits per heavy atom. The van der Waals surface area contributed by atoms with Crippen LogP contribution in [0.1, 0.15) is 39.5 Å². The van der Waals surface area contributed by atoms with Crippen LogP contribution in [0, 0.1) is 0 Å². The summed E-state index contributed by atoms with van der Waals surface area (Å²) in [4.78, 5) is 22.3. The molecular weight excluding hydrogens is 192 g/mol. The van der Waals surface area contributed by atoms with Crippen LogP contribution in [0.15, 0.2) is 17.9 Å². The lowest BCUT2D eigenvalue weighted by atomic mass is 10.1. The van der Waals surface area contributed by atoms with Crippen LogP contribution >= 0.6 is 0 Å². The van der Waals surface area contributed by atoms with Crippen LogP contribution in [-0.4, -0.2) is 18.4 Å². The van der Waals surface area contributed by atoms with Gasteiger partial charge in [-0.05, 0) is 25.3 Å². The van der Waals surface area contributed by atoms with Crippen molar-refractivity contribution in [1.29, 1.82) is 0 Å². The monoisotopic (exact) mass is 210 g/mol. The van der Waals surface area contributed by atoms with Crippen LogP contribution in [0.2, 0.25) is 0 Å². The van der Waals surface area contributed by atoms with Crippen molar-refractivity contribution < 1.29 is 14.3 Å². The summed E-state index contributed by atoms with van der Waals surface area (Å²) in [5.41, 5.74) is 3.80. The molecule has 0 amide bonds. The highest BCUT2D eigenvalue weighted by Crippen LogP contribution is 2.08. The van der Waals surface area contributed by atoms with Gasteiger partial charge in [0.15, 0.2) is 0 Å². The zero-order chi connectivity index (χ0) is 11.7. The van der Waals surface area contributed by atoms with Gasteiger partial charge in [0.25, 0.3) is 0 Å². The second-order valence-electron chi connectivity index (χ2n) is 3.15. The van der Waals surface area contributed by atoms with Crippen molar-refractivity contribution in [2.24, 2.45) is 0 Å². The van der Waals surface area contributed by atoms with E-state index >= 15 is 0 Å². The number of ether oxygens (including phenoxy) is 1. The lowest BCUT2D eigenvalue weighted by Crippen LogP contribution is -2.11. The Morgan fingerprint density at radius 2 is 1.93 bits per heavy atom. The normalized spacial score (nSPS) is 9.20. The summed E-state index contributed by atoms with van der Waals surface area (Å²) in [6, 6.07) is 0. The van der Waals surface area contributed by atoms with E-state index in [1.165, 1.54) is 0 Å². The number of hydrogen-bond donors (Lipinski definition) is 0. The van der Waals surface area contributed by atoms with E-state index in [2.05, 4.69) is 17.0 Å². The zero-order valence-electron chi connectivity index (χ0n) is 9.47. The highest BCUT2D eigenvalue weighted by molar-refractivity contribution is 5.95. The van der Waals surface area contributed by atoms with Crippen molar-refractivity contribution in [2.75, 3.05) is 6.61 Å². The van der Waals surface area contributed by atoms with Gasteiger partial charge in [0.05, 0.1) is 6.61 Å². The first-order valence-electron chi connectivity index (χ1n) is 5.19. The SMILES string of the molecule is C=C=C(CC)CCC(=O)CC(=O)OCC. The predicted molar refractivity (Wildman–Crippen MR) is 58.4 cm³/mol. The molecule has 0 heterocycles. The predicted octanol–water partition coefficient (Wildman–Crippen LogP) is 2.41. The van der Waals surface area contributed by atoms with Gasteiger partial charge >= 0.3 is 5.97 Å². The highest BCUT2D eigenvalue weighted by atomic mass is 16.5. The maximum atomic E-state index is 11.3. The summed E-state index contributed by atoms with van der Waals surface area (Å²) in [5.74, 6) is -0.530. The molecule has 0 spiro atoms. The number of esters is 1. The smallest absolute Gasteiger partial charge is 0.313 e. The lowest BCUT2D eigenvalue weighted by Gasteiger charge is -2.02. The second kappa shape index (κ2) is 8.01. The Labute approximate surface area is 90.8 Å². The van der Waals surface area contributed by atoms with Crippen LogP contribution in [0.5, 0.6) is 0 Å². The lowest BCUT2D eigenvalue weighted by molar-refractivity contribution is -0.145. The third kappa shape index (κ3) is 6.69. The van der Waals surface area contributed by atoms with E-state index in [4.69, 9.17) is 0 Å². The van der Waals surface area contributed by atoms with Crippen molar-refractivity contribution in [3.05, 3.63) is 17.9 Å². The summed E-state index contributed by atoms with van der Waals surface area (Å²) in [6.07, 6.45) is 1.72. The van der Waals surface area contributed by atoms with Gasteiger partial charge < -0.3 is 4.74 Å². The summed E-state index contributed by atoms with van der Waals surface area (Å²) in [7, 11) is 0. The van der Waals surface area contributed by atoms with Crippen molar-refractivity contribution in [3.63, 3.8) is 0 Å². The summed E-state index contributed by atoms with van der Waals surface area (Å²) in [6.45, 7) is 7.56. The fraction of sp³-hybridized carbons (Fsp3) is 0.583. The molecule has 0 saturated carbocycles. The largest absolute Gasteiger partial charge is 0.466 e. The minimum atomic E-state index is -0.442. The zero-order valence-corrected chi connectivity index (χ0v) is 9.47. The molecule has 0 aromatic rings. The molecule has 0 fully saturated rings. The highest BCUT2D eigenvalue weighted by Gasteiger charge is 2.10. The summed E-state index contributed by atoms with van der Waals surface area (Å²) >= 11 is 0. The molecule has 0 aliphatic rings. The van der Waals surface area contributed by atoms with E-state index in [9.17, 15) is 9.59 Å². The molecule has 0 aromatic carbocycles. The molecule has 0 aromatic heterocycles. The van der Waals surface area contributed by atoms with E-state index in [1.54, 1.807) is 6.92 Å². The number of hydrogen-bond acceptors (Lipinski definition) is 3. The van der Waals surface area contributed by atoms with Crippen LogP contribution in [0.25, 0.3) is 0 Å². The van der Waals surface area contributed by atoms with Crippen LogP contribution in [0.4, 0.5) is 0 Å². The molecule has 0 rings (SSSR count). The molecule has 0 aliphatic heterocycles. The van der Waals surface area contributed by atoms with E-state index in [0.717, 1.165) is 12.0 Å². The van der Waals surface area contributed by atoms with Crippen LogP contribution < -0.4 is 0 Å². The quantitative estimate of drug-likeness (QED) is 0.368. The Morgan fingerprint density at radius 3 is 2.40 bits per heavy atom. The van der Waals surface area contributed by atoms with E-state index in [-0.39, 0.29) is 12.2 Å². The van der Waals surface area contributed by atoms with E-state index in [1.807, 2.05) is 6.92 Å². The van der Waals surface area contributed by atoms with Crippen molar-refractivity contribution in [2.45, 2.75) is 39.5 Å². The third-order valence-corrected chi connectivity index (χ3v) is 2.03. The van der Waals surface area contributed by atoms with Gasteiger partial charge in [-0.3, -0.25) is 9.59 Å². The third-order valence-electron chi connectivity index (χ3n) is 2.03. The minimum absolute atomic E-state index is 0.0883. The number of carbonyl (C=O) groups is 2. The fourth-order valence-corrected chi connectivity index (χ4v) is 1.14. The second-order valence-corrected chi connectivity index (χ2v) is 3.15. The van der Waals surface area contributed by atoms with Crippen molar-refractivity contribution >= 4 is 11.8 Å². The van der Waals surface area contributed by atoms with E-state index < -0.39 is 5.97 Å². The molecule has 3 heteroatoms. The number of rotatable bonds is 7. The first kappa shape index (κ1) is 13.7. The van der Waals surface area contributed by atoms with Crippen molar-refractivity contribution in [3.8, 4) is 0 Å². The molecular formula is C12H18O3. The molecule has 84 valence electrons. The van der Waals surface area contributed by atoms with Gasteiger partial charge in [0.1, 0.15) is 12.2 Å². The van der Waals surface area contributed by atoms with Gasteiger partial charge in [-0.15, -0.1) is 5.73 Å². The van der Waals surface area contributed by atoms with Crippen molar-refractivity contribution in [1.82, 2.24) is 0 Å². The van der Waals surface area contributed by atoms with Gasteiger partial charge in [-0.2, -0.15) is 0 Å². The molecule has 3 nitrogen and oxygen atoms in total. The summed E-state index contributed by atoms with van der Waals surface area (Å²) in [5, 5.41) is 0. The Balaban J connectivity index is 3.85. The van der Waals surface area contributed by atoms with E-state index in [0.29, 0.717) is 19.4 Å². The molecule has 0 radical (unpaired) electrons. The molecule has 0 atom stereocenters. The Kier molecular flexibility index (Phi) is 7.29. The van der Waals surface area contributed by atoms with Gasteiger partial charge in [-0.1, -0.05) is 13.5 Å². The van der Waals surface area contributed by atoms with Crippen LogP contribution in [0.3, 0.4) is 0 Å². The maximum absolute atomic E-state index is 11.3. The topological polar surface area (TPSA) is 43.4 Å². The molecule has 0 saturated heterocycles. The molecule has 0 unspecified atom stereocenters. The minimum Gasteiger partial charge on any atom is -0.466 e. The standard InChI is InChI=1S/C12H18O3/c1-4-10(5-2)7-8-11(13)9-12(14)15-6-3/h1,5-9H2,2-3H3. The number of carbonyl (C=O) groups excluding carboxylic acids is 2. The first-order valence-corrected chi connectivity index (χ1v) is 5.19. The van der Waals surface area contributed by atoms with Gasteiger partial charge in [-0.25, -0.2) is 0 Å². The molecule has 0 N–H and O–H groups in total. The van der Waals surface area contributed by atoms with Crippen LogP contribution in [-0.2, 0) is 14.3 Å². The fourth-order valence-electron chi connectivity index (χ4n) is 1.14. The molecule has 15 heavy (non-hydrogen) atoms.